The van der Waals surface area contributed by atoms with E-state index in [1.165, 1.54) is 0 Å². The van der Waals surface area contributed by atoms with Crippen LogP contribution in [0.25, 0.3) is 0 Å². The van der Waals surface area contributed by atoms with Gasteiger partial charge in [-0.3, -0.25) is 0 Å². The molecule has 0 heterocycles. The molecule has 0 saturated heterocycles. The first-order chi connectivity index (χ1) is 5.31. The van der Waals surface area contributed by atoms with Gasteiger partial charge in [0, 0.05) is 6.54 Å². The molecule has 0 spiro atoms. The van der Waals surface area contributed by atoms with Crippen LogP contribution in [0.1, 0.15) is 20.8 Å². The minimum Gasteiger partial charge on any atom is -0.444 e. The molecule has 12 heavy (non-hydrogen) atoms. The SMILES string of the molecule is CC(C)(C)OC(=O)NCC(N)S. The molecule has 0 bridgehead atoms. The molecular formula is C7H16N2O2S. The lowest BCUT2D eigenvalue weighted by molar-refractivity contribution is 0.0528. The van der Waals surface area contributed by atoms with Crippen molar-refractivity contribution in [3.05, 3.63) is 0 Å². The molecule has 0 radical (unpaired) electrons. The van der Waals surface area contributed by atoms with Crippen LogP contribution in [0.3, 0.4) is 0 Å². The molecule has 1 unspecified atom stereocenters. The molecule has 0 saturated carbocycles. The number of nitrogens with one attached hydrogen (secondary N) is 1. The summed E-state index contributed by atoms with van der Waals surface area (Å²) in [4.78, 5) is 10.9. The third-order valence-electron chi connectivity index (χ3n) is 0.854. The summed E-state index contributed by atoms with van der Waals surface area (Å²) in [5.41, 5.74) is 4.83. The van der Waals surface area contributed by atoms with Crippen LogP contribution >= 0.6 is 12.6 Å². The second kappa shape index (κ2) is 4.57. The molecule has 72 valence electrons. The molecule has 0 fully saturated rings. The average molecular weight is 192 g/mol. The van der Waals surface area contributed by atoms with Gasteiger partial charge >= 0.3 is 6.09 Å². The Labute approximate surface area is 78.2 Å². The maximum atomic E-state index is 10.9. The quantitative estimate of drug-likeness (QED) is 0.446. The Hall–Kier alpha value is -0.420. The average Bonchev–Trinajstić information content (AvgIpc) is 1.79. The minimum atomic E-state index is -0.467. The van der Waals surface area contributed by atoms with Crippen LogP contribution in [-0.4, -0.2) is 23.6 Å². The number of nitrogens with two attached hydrogens (primary N) is 1. The summed E-state index contributed by atoms with van der Waals surface area (Å²) in [5.74, 6) is 0. The van der Waals surface area contributed by atoms with Crippen molar-refractivity contribution in [1.82, 2.24) is 5.32 Å². The molecule has 4 nitrogen and oxygen atoms in total. The highest BCUT2D eigenvalue weighted by molar-refractivity contribution is 7.80. The van der Waals surface area contributed by atoms with Crippen LogP contribution in [0.4, 0.5) is 4.79 Å². The molecule has 1 amide bonds. The third kappa shape index (κ3) is 7.68. The molecular weight excluding hydrogens is 176 g/mol. The van der Waals surface area contributed by atoms with Gasteiger partial charge in [-0.1, -0.05) is 0 Å². The number of thiol groups is 1. The van der Waals surface area contributed by atoms with Gasteiger partial charge < -0.3 is 15.8 Å². The third-order valence-corrected chi connectivity index (χ3v) is 1.04. The lowest BCUT2D eigenvalue weighted by Crippen LogP contribution is -2.37. The predicted octanol–water partition coefficient (Wildman–Crippen LogP) is 0.726. The highest BCUT2D eigenvalue weighted by atomic mass is 32.1. The van der Waals surface area contributed by atoms with E-state index in [4.69, 9.17) is 10.5 Å². The van der Waals surface area contributed by atoms with Gasteiger partial charge in [-0.05, 0) is 20.8 Å². The van der Waals surface area contributed by atoms with Crippen molar-refractivity contribution >= 4 is 18.7 Å². The van der Waals surface area contributed by atoms with Gasteiger partial charge in [-0.15, -0.1) is 0 Å². The Bertz CT molecular complexity index is 154. The number of carbonyl (C=O) groups is 1. The van der Waals surface area contributed by atoms with Crippen LogP contribution in [0.2, 0.25) is 0 Å². The Balaban J connectivity index is 3.61. The van der Waals surface area contributed by atoms with E-state index >= 15 is 0 Å². The van der Waals surface area contributed by atoms with Gasteiger partial charge in [0.1, 0.15) is 5.60 Å². The maximum Gasteiger partial charge on any atom is 0.407 e. The van der Waals surface area contributed by atoms with E-state index in [-0.39, 0.29) is 5.37 Å². The molecule has 1 atom stereocenters. The first-order valence-corrected chi connectivity index (χ1v) is 4.23. The van der Waals surface area contributed by atoms with Crippen LogP contribution in [0.15, 0.2) is 0 Å². The number of hydrogen-bond donors (Lipinski definition) is 3. The summed E-state index contributed by atoms with van der Waals surface area (Å²) in [6.45, 7) is 5.70. The molecule has 0 aromatic rings. The van der Waals surface area contributed by atoms with Gasteiger partial charge in [-0.25, -0.2) is 4.79 Å². The zero-order chi connectivity index (χ0) is 9.78. The lowest BCUT2D eigenvalue weighted by Gasteiger charge is -2.19. The summed E-state index contributed by atoms with van der Waals surface area (Å²) in [6.07, 6.45) is -0.466. The summed E-state index contributed by atoms with van der Waals surface area (Å²) in [7, 11) is 0. The fourth-order valence-electron chi connectivity index (χ4n) is 0.502. The number of amides is 1. The van der Waals surface area contributed by atoms with Crippen molar-refractivity contribution < 1.29 is 9.53 Å². The Kier molecular flexibility index (Phi) is 4.41. The second-order valence-electron chi connectivity index (χ2n) is 3.45. The van der Waals surface area contributed by atoms with Gasteiger partial charge in [0.05, 0.1) is 5.37 Å². The number of alkyl carbamates (subject to hydrolysis) is 1. The maximum absolute atomic E-state index is 10.9. The summed E-state index contributed by atoms with van der Waals surface area (Å²) >= 11 is 3.89. The van der Waals surface area contributed by atoms with Gasteiger partial charge in [0.25, 0.3) is 0 Å². The first-order valence-electron chi connectivity index (χ1n) is 3.72. The van der Waals surface area contributed by atoms with E-state index in [1.807, 2.05) is 0 Å². The van der Waals surface area contributed by atoms with E-state index in [2.05, 4.69) is 17.9 Å². The smallest absolute Gasteiger partial charge is 0.407 e. The summed E-state index contributed by atoms with van der Waals surface area (Å²) in [5, 5.41) is 2.13. The summed E-state index contributed by atoms with van der Waals surface area (Å²) < 4.78 is 4.95. The van der Waals surface area contributed by atoms with Crippen molar-refractivity contribution in [1.29, 1.82) is 0 Å². The number of rotatable bonds is 2. The fourth-order valence-corrected chi connectivity index (χ4v) is 0.593. The number of carbonyl (C=O) groups excluding carboxylic acids is 1. The van der Waals surface area contributed by atoms with Crippen molar-refractivity contribution in [2.75, 3.05) is 6.54 Å². The zero-order valence-corrected chi connectivity index (χ0v) is 8.52. The van der Waals surface area contributed by atoms with E-state index in [1.54, 1.807) is 20.8 Å². The molecule has 5 heteroatoms. The van der Waals surface area contributed by atoms with Crippen LogP contribution in [-0.2, 0) is 4.74 Å². The zero-order valence-electron chi connectivity index (χ0n) is 7.63. The van der Waals surface area contributed by atoms with Gasteiger partial charge in [-0.2, -0.15) is 12.6 Å². The van der Waals surface area contributed by atoms with Crippen molar-refractivity contribution in [3.63, 3.8) is 0 Å². The van der Waals surface area contributed by atoms with Gasteiger partial charge in [0.2, 0.25) is 0 Å². The number of ether oxygens (including phenoxy) is 1. The lowest BCUT2D eigenvalue weighted by atomic mass is 10.2. The largest absolute Gasteiger partial charge is 0.444 e. The Morgan fingerprint density at radius 1 is 1.67 bits per heavy atom. The highest BCUT2D eigenvalue weighted by Crippen LogP contribution is 2.06. The molecule has 0 aromatic heterocycles. The topological polar surface area (TPSA) is 64.3 Å². The normalized spacial score (nSPS) is 13.8. The van der Waals surface area contributed by atoms with Gasteiger partial charge in [0.15, 0.2) is 0 Å². The van der Waals surface area contributed by atoms with Crippen LogP contribution in [0.5, 0.6) is 0 Å². The second-order valence-corrected chi connectivity index (χ2v) is 4.11. The van der Waals surface area contributed by atoms with Crippen molar-refractivity contribution in [2.24, 2.45) is 5.73 Å². The fraction of sp³-hybridized carbons (Fsp3) is 0.857. The van der Waals surface area contributed by atoms with E-state index in [9.17, 15) is 4.79 Å². The molecule has 0 aliphatic heterocycles. The molecule has 0 aliphatic carbocycles. The van der Waals surface area contributed by atoms with E-state index < -0.39 is 11.7 Å². The molecule has 0 aliphatic rings. The van der Waals surface area contributed by atoms with E-state index in [0.29, 0.717) is 6.54 Å². The Morgan fingerprint density at radius 3 is 2.50 bits per heavy atom. The first kappa shape index (κ1) is 11.6. The highest BCUT2D eigenvalue weighted by Gasteiger charge is 2.15. The summed E-state index contributed by atoms with van der Waals surface area (Å²) in [6, 6.07) is 0. The molecule has 0 aromatic carbocycles. The Morgan fingerprint density at radius 2 is 2.17 bits per heavy atom. The van der Waals surface area contributed by atoms with Crippen LogP contribution in [0, 0.1) is 0 Å². The molecule has 0 rings (SSSR count). The van der Waals surface area contributed by atoms with Crippen LogP contribution < -0.4 is 11.1 Å². The molecule has 3 N–H and O–H groups in total. The monoisotopic (exact) mass is 192 g/mol. The number of hydrogen-bond acceptors (Lipinski definition) is 4. The van der Waals surface area contributed by atoms with Crippen molar-refractivity contribution in [2.45, 2.75) is 31.7 Å². The van der Waals surface area contributed by atoms with Crippen molar-refractivity contribution in [3.8, 4) is 0 Å². The predicted molar refractivity (Wildman–Crippen MR) is 51.2 cm³/mol. The minimum absolute atomic E-state index is 0.304. The van der Waals surface area contributed by atoms with E-state index in [0.717, 1.165) is 0 Å². The standard InChI is InChI=1S/C7H16N2O2S/c1-7(2,3)11-6(10)9-4-5(8)12/h5,12H,4,8H2,1-3H3,(H,9,10).